The number of benzene rings is 8. The topological polar surface area (TPSA) is 48.5 Å². The van der Waals surface area contributed by atoms with Crippen molar-refractivity contribution >= 4 is 43.6 Å². The quantitative estimate of drug-likeness (QED) is 0.175. The van der Waals surface area contributed by atoms with E-state index in [1.165, 1.54) is 11.1 Å². The van der Waals surface area contributed by atoms with Gasteiger partial charge in [0.2, 0.25) is 11.9 Å². The third-order valence-electron chi connectivity index (χ3n) is 11.3. The predicted octanol–water partition coefficient (Wildman–Crippen LogP) is 13.4. The van der Waals surface area contributed by atoms with Gasteiger partial charge in [-0.05, 0) is 80.8 Å². The van der Waals surface area contributed by atoms with Crippen LogP contribution in [-0.2, 0) is 5.41 Å². The van der Waals surface area contributed by atoms with E-state index in [1.54, 1.807) is 18.2 Å². The van der Waals surface area contributed by atoms with Gasteiger partial charge < -0.3 is 0 Å². The lowest BCUT2D eigenvalue weighted by atomic mass is 9.82. The van der Waals surface area contributed by atoms with E-state index >= 15 is 0 Å². The minimum Gasteiger partial charge on any atom is -0.278 e. The van der Waals surface area contributed by atoms with Gasteiger partial charge in [-0.3, -0.25) is 9.13 Å². The fourth-order valence-corrected chi connectivity index (χ4v) is 8.62. The molecular weight excluding hydrogens is 719 g/mol. The summed E-state index contributed by atoms with van der Waals surface area (Å²) in [7, 11) is 0. The molecule has 0 saturated carbocycles. The Balaban J connectivity index is 1.17. The highest BCUT2D eigenvalue weighted by atomic mass is 15.3. The van der Waals surface area contributed by atoms with Gasteiger partial charge in [0.05, 0.1) is 44.0 Å². The van der Waals surface area contributed by atoms with Crippen LogP contribution in [0.15, 0.2) is 188 Å². The Hall–Kier alpha value is -7.63. The number of nitrogens with zero attached hydrogens (tertiary/aromatic N) is 5. The first-order chi connectivity index (χ1) is 35.7. The number of para-hydroxylation sites is 4. The van der Waals surface area contributed by atoms with Crippen molar-refractivity contribution in [2.24, 2.45) is 0 Å². The first-order valence-electron chi connectivity index (χ1n) is 26.9. The second kappa shape index (κ2) is 12.7. The molecule has 3 heterocycles. The summed E-state index contributed by atoms with van der Waals surface area (Å²) in [6, 6.07) is 19.5. The molecule has 0 bridgehead atoms. The van der Waals surface area contributed by atoms with Crippen LogP contribution in [0.3, 0.4) is 0 Å². The molecule has 1 aliphatic carbocycles. The van der Waals surface area contributed by atoms with Crippen LogP contribution in [0.5, 0.6) is 0 Å². The molecule has 0 atom stereocenters. The Bertz CT molecular complexity index is 4090. The highest BCUT2D eigenvalue weighted by Gasteiger charge is 2.36. The van der Waals surface area contributed by atoms with Gasteiger partial charge >= 0.3 is 0 Å². The van der Waals surface area contributed by atoms with Crippen molar-refractivity contribution < 1.29 is 21.9 Å². The lowest BCUT2D eigenvalue weighted by Crippen LogP contribution is -2.14. The van der Waals surface area contributed by atoms with Gasteiger partial charge in [-0.15, -0.1) is 0 Å². The molecule has 11 aromatic rings. The molecular formula is C54H37N5. The minimum absolute atomic E-state index is 0.138. The summed E-state index contributed by atoms with van der Waals surface area (Å²) in [5, 5.41) is -1.04. The number of aromatic nitrogens is 5. The van der Waals surface area contributed by atoms with Gasteiger partial charge in [-0.25, -0.2) is 0 Å². The average Bonchev–Trinajstić information content (AvgIpc) is 4.11. The van der Waals surface area contributed by atoms with Gasteiger partial charge in [0.25, 0.3) is 0 Å². The highest BCUT2D eigenvalue weighted by molar-refractivity contribution is 6.10. The molecule has 3 aromatic heterocycles. The van der Waals surface area contributed by atoms with Gasteiger partial charge in [0, 0.05) is 32.5 Å². The predicted molar refractivity (Wildman–Crippen MR) is 242 cm³/mol. The minimum atomic E-state index is -0.695. The van der Waals surface area contributed by atoms with Crippen LogP contribution in [0.4, 0.5) is 0 Å². The van der Waals surface area contributed by atoms with E-state index in [0.29, 0.717) is 11.1 Å². The molecule has 8 aromatic carbocycles. The molecule has 0 saturated heterocycles. The summed E-state index contributed by atoms with van der Waals surface area (Å²) in [6.45, 7) is 4.44. The van der Waals surface area contributed by atoms with Crippen molar-refractivity contribution in [3.05, 3.63) is 199 Å². The Morgan fingerprint density at radius 1 is 0.424 bits per heavy atom. The molecule has 5 heteroatoms. The molecule has 0 amide bonds. The summed E-state index contributed by atoms with van der Waals surface area (Å²) < 4.78 is 145. The van der Waals surface area contributed by atoms with E-state index < -0.39 is 109 Å². The van der Waals surface area contributed by atoms with Crippen LogP contribution in [0, 0.1) is 0 Å². The summed E-state index contributed by atoms with van der Waals surface area (Å²) >= 11 is 0. The van der Waals surface area contributed by atoms with E-state index in [4.69, 9.17) is 31.4 Å². The Morgan fingerprint density at radius 2 is 0.847 bits per heavy atom. The van der Waals surface area contributed by atoms with Crippen LogP contribution >= 0.6 is 0 Å². The first kappa shape index (κ1) is 21.2. The summed E-state index contributed by atoms with van der Waals surface area (Å²) in [5.41, 5.74) is 7.06. The zero-order chi connectivity index (χ0) is 53.2. The second-order valence-corrected chi connectivity index (χ2v) is 14.9. The fourth-order valence-electron chi connectivity index (χ4n) is 8.62. The van der Waals surface area contributed by atoms with E-state index in [9.17, 15) is 5.48 Å². The van der Waals surface area contributed by atoms with E-state index in [-0.39, 0.29) is 54.9 Å². The van der Waals surface area contributed by atoms with Crippen LogP contribution in [0.1, 0.15) is 46.9 Å². The fraction of sp³-hybridized carbons (Fsp3) is 0.0556. The van der Waals surface area contributed by atoms with Gasteiger partial charge in [0.15, 0.2) is 5.82 Å². The second-order valence-electron chi connectivity index (χ2n) is 14.9. The summed E-state index contributed by atoms with van der Waals surface area (Å²) in [6.07, 6.45) is 0. The van der Waals surface area contributed by atoms with Gasteiger partial charge in [-0.1, -0.05) is 165 Å². The Labute approximate surface area is 364 Å². The summed E-state index contributed by atoms with van der Waals surface area (Å²) in [5.74, 6) is -1.06. The maximum absolute atomic E-state index is 9.24. The zero-order valence-electron chi connectivity index (χ0n) is 47.4. The maximum Gasteiger partial charge on any atom is 0.240 e. The molecule has 0 N–H and O–H groups in total. The molecule has 0 fully saturated rings. The largest absolute Gasteiger partial charge is 0.278 e. The zero-order valence-corrected chi connectivity index (χ0v) is 31.4. The number of fused-ring (bicyclic) bond motifs is 9. The molecule has 0 aliphatic heterocycles. The van der Waals surface area contributed by atoms with E-state index in [0.717, 1.165) is 37.0 Å². The molecule has 59 heavy (non-hydrogen) atoms. The van der Waals surface area contributed by atoms with E-state index in [1.807, 2.05) is 30.3 Å². The van der Waals surface area contributed by atoms with Gasteiger partial charge in [0.1, 0.15) is 0 Å². The van der Waals surface area contributed by atoms with Crippen molar-refractivity contribution in [1.29, 1.82) is 0 Å². The molecule has 12 rings (SSSR count). The highest BCUT2D eigenvalue weighted by Crippen LogP contribution is 2.52. The van der Waals surface area contributed by atoms with Crippen molar-refractivity contribution in [3.63, 3.8) is 0 Å². The number of hydrogen-bond donors (Lipinski definition) is 0. The van der Waals surface area contributed by atoms with Crippen molar-refractivity contribution in [2.45, 2.75) is 19.3 Å². The molecule has 278 valence electrons. The third-order valence-corrected chi connectivity index (χ3v) is 11.3. The number of rotatable bonds is 5. The molecule has 0 unspecified atom stereocenters. The van der Waals surface area contributed by atoms with Crippen molar-refractivity contribution in [2.75, 3.05) is 0 Å². The maximum atomic E-state index is 9.24. The molecule has 5 nitrogen and oxygen atoms in total. The Kier molecular flexibility index (Phi) is 4.56. The molecule has 0 spiro atoms. The molecule has 0 radical (unpaired) electrons. The third kappa shape index (κ3) is 5.01. The average molecular weight is 772 g/mol. The SMILES string of the molecule is [2H]c1c([2H])c([2H])c2c(c1[2H])c1c([2H])c([2H])c([2H])c([2H])c1n2-c1nc(-c2cccc(-c3cccc(-c4cccc5c4-c4ccccc4C5(C)C)c3)c2)nc(-n2c3c([2H])c([2H])c([2H])c([2H])c3c3c([2H])c([2H])c([2H])c([2H])c32)n1. The lowest BCUT2D eigenvalue weighted by molar-refractivity contribution is 0.660. The normalized spacial score (nSPS) is 16.8. The number of hydrogen-bond acceptors (Lipinski definition) is 3. The van der Waals surface area contributed by atoms with Gasteiger partial charge in [-0.2, -0.15) is 15.0 Å². The van der Waals surface area contributed by atoms with E-state index in [2.05, 4.69) is 56.3 Å². The summed E-state index contributed by atoms with van der Waals surface area (Å²) in [4.78, 5) is 14.6. The van der Waals surface area contributed by atoms with Crippen molar-refractivity contribution in [3.8, 4) is 56.7 Å². The monoisotopic (exact) mass is 771 g/mol. The van der Waals surface area contributed by atoms with Crippen molar-refractivity contribution in [1.82, 2.24) is 24.1 Å². The molecule has 1 aliphatic rings. The van der Waals surface area contributed by atoms with Crippen LogP contribution < -0.4 is 0 Å². The lowest BCUT2D eigenvalue weighted by Gasteiger charge is -2.21. The van der Waals surface area contributed by atoms with Crippen LogP contribution in [0.25, 0.3) is 100 Å². The Morgan fingerprint density at radius 3 is 1.41 bits per heavy atom. The first-order valence-corrected chi connectivity index (χ1v) is 18.9. The standard InChI is InChI=1S/C54H37N5/c1-54(2)44-26-8-3-24-43(44)50-38(25-15-27-45(50)54)36-18-13-16-34(32-36)35-17-14-19-37(33-35)51-55-52(58-46-28-9-4-20-39(46)40-21-5-10-29-47(40)58)57-53(56-51)59-48-30-11-6-22-41(48)42-23-7-12-31-49(42)59/h3-33H,1-2H3/i4D,5D,6D,7D,9D,10D,11D,12D,20D,21D,22D,23D,28D,29D,30D,31D. The smallest absolute Gasteiger partial charge is 0.240 e. The van der Waals surface area contributed by atoms with Crippen LogP contribution in [-0.4, -0.2) is 24.1 Å². The van der Waals surface area contributed by atoms with Crippen LogP contribution in [0.2, 0.25) is 0 Å².